The summed E-state index contributed by atoms with van der Waals surface area (Å²) in [7, 11) is 0. The summed E-state index contributed by atoms with van der Waals surface area (Å²) in [5.74, 6) is 0. The van der Waals surface area contributed by atoms with E-state index >= 15 is 0 Å². The summed E-state index contributed by atoms with van der Waals surface area (Å²) in [5, 5.41) is 3.03. The van der Waals surface area contributed by atoms with Gasteiger partial charge in [-0.25, -0.2) is 4.79 Å². The molecule has 1 aliphatic heterocycles. The van der Waals surface area contributed by atoms with Crippen molar-refractivity contribution in [3.8, 4) is 0 Å². The minimum atomic E-state index is -0.403. The zero-order chi connectivity index (χ0) is 15.7. The lowest BCUT2D eigenvalue weighted by molar-refractivity contribution is 0.144. The zero-order valence-electron chi connectivity index (χ0n) is 13.4. The molecule has 1 aliphatic rings. The van der Waals surface area contributed by atoms with E-state index in [9.17, 15) is 4.79 Å². The second-order valence-electron chi connectivity index (χ2n) is 5.80. The van der Waals surface area contributed by atoms with Crippen LogP contribution < -0.4 is 5.32 Å². The Hall–Kier alpha value is -2.29. The zero-order valence-corrected chi connectivity index (χ0v) is 13.4. The lowest BCUT2D eigenvalue weighted by Crippen LogP contribution is -2.55. The summed E-state index contributed by atoms with van der Waals surface area (Å²) < 4.78 is 0. The van der Waals surface area contributed by atoms with Crippen molar-refractivity contribution in [1.82, 2.24) is 4.90 Å². The Labute approximate surface area is 132 Å². The molecule has 1 unspecified atom stereocenters. The fourth-order valence-corrected chi connectivity index (χ4v) is 3.63. The van der Waals surface area contributed by atoms with Gasteiger partial charge < -0.3 is 10.2 Å². The van der Waals surface area contributed by atoms with Crippen molar-refractivity contribution in [3.05, 3.63) is 65.2 Å². The Balaban J connectivity index is 2.33. The van der Waals surface area contributed by atoms with E-state index in [1.54, 1.807) is 0 Å². The Kier molecular flexibility index (Phi) is 3.65. The van der Waals surface area contributed by atoms with Gasteiger partial charge in [-0.15, -0.1) is 0 Å². The molecule has 114 valence electrons. The van der Waals surface area contributed by atoms with E-state index in [-0.39, 0.29) is 6.03 Å². The number of hydrogen-bond donors (Lipinski definition) is 1. The molecule has 2 aromatic carbocycles. The van der Waals surface area contributed by atoms with Gasteiger partial charge in [-0.3, -0.25) is 0 Å². The van der Waals surface area contributed by atoms with Crippen LogP contribution in [0.2, 0.25) is 0 Å². The molecular weight excluding hydrogens is 272 g/mol. The molecule has 2 aromatic rings. The number of fused-ring (bicyclic) bond motifs is 1. The second-order valence-corrected chi connectivity index (χ2v) is 5.80. The van der Waals surface area contributed by atoms with Crippen molar-refractivity contribution in [2.45, 2.75) is 32.7 Å². The monoisotopic (exact) mass is 294 g/mol. The van der Waals surface area contributed by atoms with Crippen molar-refractivity contribution in [3.63, 3.8) is 0 Å². The van der Waals surface area contributed by atoms with E-state index in [1.165, 1.54) is 16.7 Å². The third kappa shape index (κ3) is 2.00. The minimum absolute atomic E-state index is 0.0236. The topological polar surface area (TPSA) is 32.3 Å². The quantitative estimate of drug-likeness (QED) is 0.887. The lowest BCUT2D eigenvalue weighted by atomic mass is 9.76. The maximum Gasteiger partial charge on any atom is 0.322 e. The molecule has 0 aromatic heterocycles. The first kappa shape index (κ1) is 14.6. The van der Waals surface area contributed by atoms with Crippen molar-refractivity contribution in [2.75, 3.05) is 11.9 Å². The van der Waals surface area contributed by atoms with Gasteiger partial charge in [0.05, 0.1) is 5.54 Å². The number of aryl methyl sites for hydroxylation is 1. The molecule has 0 spiro atoms. The highest BCUT2D eigenvalue weighted by Crippen LogP contribution is 2.45. The molecule has 0 fully saturated rings. The first-order chi connectivity index (χ1) is 10.6. The molecule has 0 saturated carbocycles. The third-order valence-electron chi connectivity index (χ3n) is 4.65. The van der Waals surface area contributed by atoms with Crippen LogP contribution in [0.1, 0.15) is 37.0 Å². The Morgan fingerprint density at radius 1 is 1.09 bits per heavy atom. The first-order valence-corrected chi connectivity index (χ1v) is 7.88. The van der Waals surface area contributed by atoms with Crippen molar-refractivity contribution in [1.29, 1.82) is 0 Å². The maximum atomic E-state index is 12.6. The molecule has 0 saturated heterocycles. The molecule has 1 heterocycles. The molecular formula is C19H22N2O. The number of carbonyl (C=O) groups excluding carboxylic acids is 1. The smallest absolute Gasteiger partial charge is 0.311 e. The van der Waals surface area contributed by atoms with Crippen LogP contribution in [0.4, 0.5) is 10.5 Å². The molecule has 3 rings (SSSR count). The van der Waals surface area contributed by atoms with Crippen molar-refractivity contribution < 1.29 is 4.79 Å². The van der Waals surface area contributed by atoms with Gasteiger partial charge in [0.1, 0.15) is 0 Å². The SMILES string of the molecule is CCN1C(=O)Nc2ccc(C)cc2C1(CC)c1ccccc1. The van der Waals surface area contributed by atoms with Gasteiger partial charge in [0, 0.05) is 17.8 Å². The lowest BCUT2D eigenvalue weighted by Gasteiger charge is -2.48. The van der Waals surface area contributed by atoms with Crippen LogP contribution in [0.15, 0.2) is 48.5 Å². The van der Waals surface area contributed by atoms with Gasteiger partial charge in [0.15, 0.2) is 0 Å². The fraction of sp³-hybridized carbons (Fsp3) is 0.316. The predicted molar refractivity (Wildman–Crippen MR) is 90.1 cm³/mol. The number of nitrogens with one attached hydrogen (secondary N) is 1. The van der Waals surface area contributed by atoms with Gasteiger partial charge >= 0.3 is 6.03 Å². The molecule has 1 N–H and O–H groups in total. The van der Waals surface area contributed by atoms with Crippen LogP contribution in [0.3, 0.4) is 0 Å². The number of rotatable bonds is 3. The molecule has 1 atom stereocenters. The summed E-state index contributed by atoms with van der Waals surface area (Å²) in [4.78, 5) is 14.6. The highest BCUT2D eigenvalue weighted by molar-refractivity contribution is 5.94. The maximum absolute atomic E-state index is 12.6. The number of amides is 2. The van der Waals surface area contributed by atoms with Crippen LogP contribution in [-0.4, -0.2) is 17.5 Å². The van der Waals surface area contributed by atoms with E-state index in [2.05, 4.69) is 37.4 Å². The number of benzene rings is 2. The first-order valence-electron chi connectivity index (χ1n) is 7.88. The summed E-state index contributed by atoms with van der Waals surface area (Å²) in [5.41, 5.74) is 4.08. The molecule has 0 bridgehead atoms. The number of nitrogens with zero attached hydrogens (tertiary/aromatic N) is 1. The van der Waals surface area contributed by atoms with Crippen LogP contribution in [0.5, 0.6) is 0 Å². The largest absolute Gasteiger partial charge is 0.322 e. The van der Waals surface area contributed by atoms with Crippen LogP contribution in [0.25, 0.3) is 0 Å². The minimum Gasteiger partial charge on any atom is -0.311 e. The van der Waals surface area contributed by atoms with E-state index in [1.807, 2.05) is 42.2 Å². The average molecular weight is 294 g/mol. The number of urea groups is 1. The molecule has 3 nitrogen and oxygen atoms in total. The fourth-order valence-electron chi connectivity index (χ4n) is 3.63. The van der Waals surface area contributed by atoms with Crippen molar-refractivity contribution >= 4 is 11.7 Å². The summed E-state index contributed by atoms with van der Waals surface area (Å²) in [6.07, 6.45) is 0.842. The predicted octanol–water partition coefficient (Wildman–Crippen LogP) is 4.52. The van der Waals surface area contributed by atoms with Gasteiger partial charge in [-0.1, -0.05) is 55.0 Å². The Bertz CT molecular complexity index is 696. The molecule has 0 aliphatic carbocycles. The Morgan fingerprint density at radius 2 is 1.82 bits per heavy atom. The van der Waals surface area contributed by atoms with Gasteiger partial charge in [-0.2, -0.15) is 0 Å². The molecule has 3 heteroatoms. The van der Waals surface area contributed by atoms with Crippen molar-refractivity contribution in [2.24, 2.45) is 0 Å². The molecule has 22 heavy (non-hydrogen) atoms. The van der Waals surface area contributed by atoms with Gasteiger partial charge in [-0.05, 0) is 31.9 Å². The molecule has 0 radical (unpaired) electrons. The van der Waals surface area contributed by atoms with Crippen LogP contribution in [-0.2, 0) is 5.54 Å². The molecule has 2 amide bonds. The van der Waals surface area contributed by atoms with Crippen LogP contribution in [0, 0.1) is 6.92 Å². The number of anilines is 1. The normalized spacial score (nSPS) is 20.5. The summed E-state index contributed by atoms with van der Waals surface area (Å²) >= 11 is 0. The van der Waals surface area contributed by atoms with E-state index in [0.717, 1.165) is 12.1 Å². The van der Waals surface area contributed by atoms with Gasteiger partial charge in [0.2, 0.25) is 0 Å². The standard InChI is InChI=1S/C19H22N2O/c1-4-19(15-9-7-6-8-10-15)16-13-14(3)11-12-17(16)20-18(22)21(19)5-2/h6-13H,4-5H2,1-3H3,(H,20,22). The third-order valence-corrected chi connectivity index (χ3v) is 4.65. The average Bonchev–Trinajstić information content (AvgIpc) is 2.55. The highest BCUT2D eigenvalue weighted by atomic mass is 16.2. The van der Waals surface area contributed by atoms with E-state index < -0.39 is 5.54 Å². The second kappa shape index (κ2) is 5.48. The summed E-state index contributed by atoms with van der Waals surface area (Å²) in [6.45, 7) is 6.95. The number of hydrogen-bond acceptors (Lipinski definition) is 1. The highest BCUT2D eigenvalue weighted by Gasteiger charge is 2.45. The van der Waals surface area contributed by atoms with E-state index in [4.69, 9.17) is 0 Å². The van der Waals surface area contributed by atoms with Gasteiger partial charge in [0.25, 0.3) is 0 Å². The van der Waals surface area contributed by atoms with E-state index in [0.29, 0.717) is 6.54 Å². The summed E-state index contributed by atoms with van der Waals surface area (Å²) in [6, 6.07) is 16.6. The number of carbonyl (C=O) groups is 1. The Morgan fingerprint density at radius 3 is 2.45 bits per heavy atom. The van der Waals surface area contributed by atoms with Crippen LogP contribution >= 0.6 is 0 Å².